The molecule has 0 bridgehead atoms. The number of carbonyl (C=O) groups excluding carboxylic acids is 2. The van der Waals surface area contributed by atoms with Gasteiger partial charge in [0, 0.05) is 25.4 Å². The zero-order chi connectivity index (χ0) is 20.1. The number of anilines is 1. The zero-order valence-corrected chi connectivity index (χ0v) is 17.1. The largest absolute Gasteiger partial charge is 0.374 e. The predicted molar refractivity (Wildman–Crippen MR) is 112 cm³/mol. The van der Waals surface area contributed by atoms with Crippen molar-refractivity contribution in [1.29, 1.82) is 0 Å². The van der Waals surface area contributed by atoms with E-state index < -0.39 is 0 Å². The summed E-state index contributed by atoms with van der Waals surface area (Å²) in [5.41, 5.74) is 6.33. The summed E-state index contributed by atoms with van der Waals surface area (Å²) >= 11 is 0. The number of nitrogens with one attached hydrogen (secondary N) is 1. The number of allylic oxidation sites excluding steroid dienone is 3. The van der Waals surface area contributed by atoms with Gasteiger partial charge in [-0.1, -0.05) is 30.6 Å². The van der Waals surface area contributed by atoms with Gasteiger partial charge in [0.05, 0.1) is 12.7 Å². The van der Waals surface area contributed by atoms with Crippen LogP contribution >= 0.6 is 0 Å². The first-order valence-electron chi connectivity index (χ1n) is 10.1. The topological polar surface area (TPSA) is 58.6 Å². The molecule has 1 fully saturated rings. The molecular formula is C23H30N2O3. The second-order valence-electron chi connectivity index (χ2n) is 7.96. The normalized spacial score (nSPS) is 17.1. The van der Waals surface area contributed by atoms with Crippen LogP contribution in [-0.2, 0) is 27.4 Å². The minimum absolute atomic E-state index is 0.0589. The molecule has 150 valence electrons. The van der Waals surface area contributed by atoms with E-state index in [0.717, 1.165) is 52.8 Å². The van der Waals surface area contributed by atoms with Gasteiger partial charge in [0.15, 0.2) is 0 Å². The van der Waals surface area contributed by atoms with Crippen molar-refractivity contribution in [3.63, 3.8) is 0 Å². The van der Waals surface area contributed by atoms with E-state index in [1.165, 1.54) is 17.7 Å². The van der Waals surface area contributed by atoms with Gasteiger partial charge >= 0.3 is 0 Å². The first-order chi connectivity index (χ1) is 13.5. The SMILES string of the molecule is CC(C)=C/C(=C\N(C)C=O)c1ccc2c(c1COC1CCCC1)CCC(=O)N2. The Morgan fingerprint density at radius 3 is 2.68 bits per heavy atom. The lowest BCUT2D eigenvalue weighted by molar-refractivity contribution is -0.116. The van der Waals surface area contributed by atoms with E-state index in [1.807, 2.05) is 32.2 Å². The van der Waals surface area contributed by atoms with Crippen molar-refractivity contribution in [2.24, 2.45) is 0 Å². The smallest absolute Gasteiger partial charge is 0.224 e. The summed E-state index contributed by atoms with van der Waals surface area (Å²) in [6.45, 7) is 4.61. The molecule has 1 aliphatic heterocycles. The van der Waals surface area contributed by atoms with E-state index in [2.05, 4.69) is 11.4 Å². The predicted octanol–water partition coefficient (Wildman–Crippen LogP) is 4.43. The van der Waals surface area contributed by atoms with Crippen molar-refractivity contribution >= 4 is 23.6 Å². The van der Waals surface area contributed by atoms with Gasteiger partial charge in [-0.2, -0.15) is 0 Å². The van der Waals surface area contributed by atoms with Crippen LogP contribution in [0.4, 0.5) is 5.69 Å². The zero-order valence-electron chi connectivity index (χ0n) is 17.1. The fourth-order valence-electron chi connectivity index (χ4n) is 3.98. The summed E-state index contributed by atoms with van der Waals surface area (Å²) in [6, 6.07) is 4.00. The number of ether oxygens (including phenoxy) is 1. The highest BCUT2D eigenvalue weighted by molar-refractivity contribution is 5.95. The third kappa shape index (κ3) is 4.90. The molecular weight excluding hydrogens is 352 g/mol. The first kappa shape index (κ1) is 20.3. The van der Waals surface area contributed by atoms with Crippen molar-refractivity contribution in [2.45, 2.75) is 65.1 Å². The maximum absolute atomic E-state index is 11.8. The Kier molecular flexibility index (Phi) is 6.68. The quantitative estimate of drug-likeness (QED) is 0.561. The average Bonchev–Trinajstić information content (AvgIpc) is 3.18. The van der Waals surface area contributed by atoms with Gasteiger partial charge in [-0.3, -0.25) is 9.59 Å². The monoisotopic (exact) mass is 382 g/mol. The van der Waals surface area contributed by atoms with Gasteiger partial charge in [-0.15, -0.1) is 0 Å². The first-order valence-corrected chi connectivity index (χ1v) is 10.1. The number of hydrogen-bond acceptors (Lipinski definition) is 3. The number of benzene rings is 1. The molecule has 5 heteroatoms. The molecule has 3 rings (SSSR count). The molecule has 0 aromatic heterocycles. The minimum Gasteiger partial charge on any atom is -0.374 e. The second-order valence-corrected chi connectivity index (χ2v) is 7.96. The number of amides is 2. The van der Waals surface area contributed by atoms with Crippen LogP contribution in [0.15, 0.2) is 30.0 Å². The van der Waals surface area contributed by atoms with Crippen molar-refractivity contribution in [3.05, 3.63) is 46.7 Å². The van der Waals surface area contributed by atoms with E-state index in [9.17, 15) is 9.59 Å². The molecule has 2 amide bonds. The number of rotatable bonds is 7. The molecule has 0 unspecified atom stereocenters. The molecule has 1 aliphatic carbocycles. The Morgan fingerprint density at radius 1 is 1.25 bits per heavy atom. The molecule has 1 heterocycles. The molecule has 28 heavy (non-hydrogen) atoms. The van der Waals surface area contributed by atoms with Crippen molar-refractivity contribution < 1.29 is 14.3 Å². The summed E-state index contributed by atoms with van der Waals surface area (Å²) in [5.74, 6) is 0.0589. The van der Waals surface area contributed by atoms with Crippen LogP contribution in [0.1, 0.15) is 62.6 Å². The lowest BCUT2D eigenvalue weighted by atomic mass is 9.90. The summed E-state index contributed by atoms with van der Waals surface area (Å²) in [5, 5.41) is 2.99. The van der Waals surface area contributed by atoms with E-state index >= 15 is 0 Å². The third-order valence-electron chi connectivity index (χ3n) is 5.34. The van der Waals surface area contributed by atoms with Crippen molar-refractivity contribution in [2.75, 3.05) is 12.4 Å². The van der Waals surface area contributed by atoms with Crippen LogP contribution in [0, 0.1) is 0 Å². The Labute approximate surface area is 167 Å². The number of fused-ring (bicyclic) bond motifs is 1. The highest BCUT2D eigenvalue weighted by Crippen LogP contribution is 2.34. The Balaban J connectivity index is 2.04. The van der Waals surface area contributed by atoms with E-state index in [4.69, 9.17) is 4.74 Å². The maximum atomic E-state index is 11.8. The molecule has 0 saturated heterocycles. The number of nitrogens with zero attached hydrogens (tertiary/aromatic N) is 1. The van der Waals surface area contributed by atoms with E-state index in [-0.39, 0.29) is 5.91 Å². The molecule has 0 spiro atoms. The molecule has 1 aromatic rings. The second kappa shape index (κ2) is 9.20. The van der Waals surface area contributed by atoms with Crippen LogP contribution in [-0.4, -0.2) is 30.4 Å². The lowest BCUT2D eigenvalue weighted by Crippen LogP contribution is -2.21. The number of carbonyl (C=O) groups is 2. The van der Waals surface area contributed by atoms with Gasteiger partial charge in [0.2, 0.25) is 12.3 Å². The van der Waals surface area contributed by atoms with Gasteiger partial charge in [0.1, 0.15) is 0 Å². The Bertz CT molecular complexity index is 800. The summed E-state index contributed by atoms with van der Waals surface area (Å²) in [7, 11) is 1.74. The van der Waals surface area contributed by atoms with Gasteiger partial charge in [-0.25, -0.2) is 0 Å². The van der Waals surface area contributed by atoms with Gasteiger partial charge in [0.25, 0.3) is 0 Å². The molecule has 0 atom stereocenters. The molecule has 1 aromatic carbocycles. The summed E-state index contributed by atoms with van der Waals surface area (Å²) in [4.78, 5) is 24.6. The molecule has 1 N–H and O–H groups in total. The van der Waals surface area contributed by atoms with E-state index in [1.54, 1.807) is 7.05 Å². The summed E-state index contributed by atoms with van der Waals surface area (Å²) in [6.07, 6.45) is 10.9. The highest BCUT2D eigenvalue weighted by atomic mass is 16.5. The average molecular weight is 383 g/mol. The summed E-state index contributed by atoms with van der Waals surface area (Å²) < 4.78 is 6.27. The van der Waals surface area contributed by atoms with E-state index in [0.29, 0.717) is 25.6 Å². The number of hydrogen-bond donors (Lipinski definition) is 1. The lowest BCUT2D eigenvalue weighted by Gasteiger charge is -2.24. The van der Waals surface area contributed by atoms with Crippen LogP contribution < -0.4 is 5.32 Å². The van der Waals surface area contributed by atoms with Gasteiger partial charge in [-0.05, 0) is 61.4 Å². The molecule has 0 radical (unpaired) electrons. The third-order valence-corrected chi connectivity index (χ3v) is 5.34. The van der Waals surface area contributed by atoms with Crippen LogP contribution in [0.2, 0.25) is 0 Å². The fraction of sp³-hybridized carbons (Fsp3) is 0.478. The molecule has 5 nitrogen and oxygen atoms in total. The fourth-order valence-corrected chi connectivity index (χ4v) is 3.98. The van der Waals surface area contributed by atoms with Crippen LogP contribution in [0.5, 0.6) is 0 Å². The Hall–Kier alpha value is -2.40. The maximum Gasteiger partial charge on any atom is 0.224 e. The minimum atomic E-state index is 0.0589. The van der Waals surface area contributed by atoms with Crippen LogP contribution in [0.25, 0.3) is 5.57 Å². The molecule has 1 saturated carbocycles. The van der Waals surface area contributed by atoms with Crippen LogP contribution in [0.3, 0.4) is 0 Å². The highest BCUT2D eigenvalue weighted by Gasteiger charge is 2.23. The molecule has 2 aliphatic rings. The standard InChI is InChI=1S/C23H30N2O3/c1-16(2)12-17(13-25(3)15-26)19-8-10-22-20(9-11-23(27)24-22)21(19)14-28-18-6-4-5-7-18/h8,10,12-13,15,18H,4-7,9,11,14H2,1-3H3,(H,24,27)/b17-13+. The van der Waals surface area contributed by atoms with Crippen molar-refractivity contribution in [1.82, 2.24) is 4.90 Å². The van der Waals surface area contributed by atoms with Crippen molar-refractivity contribution in [3.8, 4) is 0 Å². The Morgan fingerprint density at radius 2 is 2.00 bits per heavy atom. The van der Waals surface area contributed by atoms with Gasteiger partial charge < -0.3 is 15.0 Å².